The summed E-state index contributed by atoms with van der Waals surface area (Å²) in [6.07, 6.45) is 5.81. The van der Waals surface area contributed by atoms with Gasteiger partial charge in [0.15, 0.2) is 0 Å². The van der Waals surface area contributed by atoms with E-state index in [1.54, 1.807) is 19.6 Å². The van der Waals surface area contributed by atoms with Crippen LogP contribution in [0.25, 0.3) is 0 Å². The van der Waals surface area contributed by atoms with E-state index in [-0.39, 0.29) is 11.8 Å². The van der Waals surface area contributed by atoms with Gasteiger partial charge in [0, 0.05) is 24.5 Å². The number of carbonyl (C=O) groups is 1. The highest BCUT2D eigenvalue weighted by molar-refractivity contribution is 5.91. The van der Waals surface area contributed by atoms with Crippen molar-refractivity contribution in [1.29, 1.82) is 0 Å². The van der Waals surface area contributed by atoms with Crippen molar-refractivity contribution in [3.05, 3.63) is 72.8 Å². The Morgan fingerprint density at radius 3 is 2.46 bits per heavy atom. The molecule has 0 aliphatic rings. The lowest BCUT2D eigenvalue weighted by Gasteiger charge is -2.13. The van der Waals surface area contributed by atoms with Crippen LogP contribution in [0.5, 0.6) is 11.5 Å². The molecular weight excluding hydrogens is 354 g/mol. The van der Waals surface area contributed by atoms with Gasteiger partial charge >= 0.3 is 0 Å². The third-order valence-corrected chi connectivity index (χ3v) is 4.49. The largest absolute Gasteiger partial charge is 0.497 e. The quantitative estimate of drug-likeness (QED) is 0.608. The molecule has 3 rings (SSSR count). The van der Waals surface area contributed by atoms with Gasteiger partial charge in [-0.1, -0.05) is 19.1 Å². The molecule has 1 heterocycles. The van der Waals surface area contributed by atoms with Crippen LogP contribution in [0, 0.1) is 0 Å². The normalized spacial score (nSPS) is 11.6. The Labute approximate surface area is 165 Å². The highest BCUT2D eigenvalue weighted by Crippen LogP contribution is 2.23. The molecule has 0 saturated carbocycles. The van der Waals surface area contributed by atoms with Crippen molar-refractivity contribution in [1.82, 2.24) is 9.55 Å². The van der Waals surface area contributed by atoms with Crippen LogP contribution >= 0.6 is 0 Å². The van der Waals surface area contributed by atoms with E-state index in [1.807, 2.05) is 66.2 Å². The third kappa shape index (κ3) is 5.61. The number of hydrogen-bond donors (Lipinski definition) is 1. The molecule has 0 fully saturated rings. The number of imidazole rings is 1. The summed E-state index contributed by atoms with van der Waals surface area (Å²) in [5.41, 5.74) is 1.87. The third-order valence-electron chi connectivity index (χ3n) is 4.49. The lowest BCUT2D eigenvalue weighted by molar-refractivity contribution is -0.116. The number of nitrogens with zero attached hydrogens (tertiary/aromatic N) is 2. The van der Waals surface area contributed by atoms with Gasteiger partial charge in [-0.25, -0.2) is 4.98 Å². The summed E-state index contributed by atoms with van der Waals surface area (Å²) >= 11 is 0. The second-order valence-electron chi connectivity index (χ2n) is 6.60. The molecule has 0 bridgehead atoms. The Balaban J connectivity index is 1.45. The standard InChI is InChI=1S/C22H25N3O3/c1-17(18-3-7-20(27-2)8-4-18)15-22(26)24-19-5-9-21(10-6-19)28-14-13-25-12-11-23-16-25/h3-12,16-17H,13-15H2,1-2H3,(H,24,26). The lowest BCUT2D eigenvalue weighted by Crippen LogP contribution is -2.14. The molecule has 0 radical (unpaired) electrons. The number of rotatable bonds is 9. The molecule has 2 aromatic carbocycles. The summed E-state index contributed by atoms with van der Waals surface area (Å²) in [7, 11) is 1.64. The van der Waals surface area contributed by atoms with E-state index in [0.29, 0.717) is 13.0 Å². The van der Waals surface area contributed by atoms with Crippen LogP contribution in [-0.4, -0.2) is 29.2 Å². The molecule has 146 valence electrons. The maximum atomic E-state index is 12.3. The number of methoxy groups -OCH3 is 1. The van der Waals surface area contributed by atoms with Gasteiger partial charge < -0.3 is 19.4 Å². The molecule has 3 aromatic rings. The van der Waals surface area contributed by atoms with E-state index in [2.05, 4.69) is 10.3 Å². The average molecular weight is 379 g/mol. The number of carbonyl (C=O) groups excluding carboxylic acids is 1. The number of nitrogens with one attached hydrogen (secondary N) is 1. The Bertz CT molecular complexity index is 859. The van der Waals surface area contributed by atoms with E-state index in [1.165, 1.54) is 0 Å². The van der Waals surface area contributed by atoms with Gasteiger partial charge in [-0.15, -0.1) is 0 Å². The number of benzene rings is 2. The van der Waals surface area contributed by atoms with Crippen molar-refractivity contribution in [2.75, 3.05) is 19.0 Å². The summed E-state index contributed by atoms with van der Waals surface area (Å²) in [6.45, 7) is 3.34. The molecule has 1 aromatic heterocycles. The molecule has 1 unspecified atom stereocenters. The first kappa shape index (κ1) is 19.5. The smallest absolute Gasteiger partial charge is 0.224 e. The van der Waals surface area contributed by atoms with Crippen molar-refractivity contribution >= 4 is 11.6 Å². The van der Waals surface area contributed by atoms with Crippen LogP contribution in [0.1, 0.15) is 24.8 Å². The van der Waals surface area contributed by atoms with Crippen LogP contribution in [0.4, 0.5) is 5.69 Å². The predicted octanol–water partition coefficient (Wildman–Crippen LogP) is 4.10. The molecule has 0 spiro atoms. The van der Waals surface area contributed by atoms with Crippen LogP contribution in [0.15, 0.2) is 67.3 Å². The Kier molecular flexibility index (Phi) is 6.68. The number of aromatic nitrogens is 2. The lowest BCUT2D eigenvalue weighted by atomic mass is 9.97. The molecule has 28 heavy (non-hydrogen) atoms. The zero-order valence-corrected chi connectivity index (χ0v) is 16.2. The van der Waals surface area contributed by atoms with Gasteiger partial charge in [-0.2, -0.15) is 0 Å². The molecule has 6 nitrogen and oxygen atoms in total. The van der Waals surface area contributed by atoms with Gasteiger partial charge in [-0.3, -0.25) is 4.79 Å². The van der Waals surface area contributed by atoms with Crippen molar-refractivity contribution in [3.8, 4) is 11.5 Å². The first-order valence-corrected chi connectivity index (χ1v) is 9.26. The van der Waals surface area contributed by atoms with Gasteiger partial charge in [0.25, 0.3) is 0 Å². The van der Waals surface area contributed by atoms with Crippen molar-refractivity contribution in [2.45, 2.75) is 25.8 Å². The predicted molar refractivity (Wildman–Crippen MR) is 109 cm³/mol. The fourth-order valence-corrected chi connectivity index (χ4v) is 2.86. The summed E-state index contributed by atoms with van der Waals surface area (Å²) < 4.78 is 12.8. The minimum absolute atomic E-state index is 0.0166. The van der Waals surface area contributed by atoms with Gasteiger partial charge in [-0.05, 0) is 47.9 Å². The van der Waals surface area contributed by atoms with E-state index in [0.717, 1.165) is 29.3 Å². The number of hydrogen-bond acceptors (Lipinski definition) is 4. The molecule has 1 N–H and O–H groups in total. The minimum Gasteiger partial charge on any atom is -0.497 e. The van der Waals surface area contributed by atoms with E-state index >= 15 is 0 Å². The van der Waals surface area contributed by atoms with Gasteiger partial charge in [0.1, 0.15) is 18.1 Å². The molecule has 0 saturated heterocycles. The number of anilines is 1. The topological polar surface area (TPSA) is 65.4 Å². The fraction of sp³-hybridized carbons (Fsp3) is 0.273. The SMILES string of the molecule is COc1ccc(C(C)CC(=O)Nc2ccc(OCCn3ccnc3)cc2)cc1. The van der Waals surface area contributed by atoms with Gasteiger partial charge in [0.05, 0.1) is 20.0 Å². The van der Waals surface area contributed by atoms with Crippen molar-refractivity contribution in [3.63, 3.8) is 0 Å². The minimum atomic E-state index is -0.0166. The van der Waals surface area contributed by atoms with Crippen LogP contribution in [-0.2, 0) is 11.3 Å². The summed E-state index contributed by atoms with van der Waals surface area (Å²) in [4.78, 5) is 16.3. The first-order chi connectivity index (χ1) is 13.6. The Morgan fingerprint density at radius 1 is 1.11 bits per heavy atom. The molecule has 0 aliphatic heterocycles. The second-order valence-corrected chi connectivity index (χ2v) is 6.60. The van der Waals surface area contributed by atoms with Crippen molar-refractivity contribution in [2.24, 2.45) is 0 Å². The zero-order chi connectivity index (χ0) is 19.8. The molecule has 0 aliphatic carbocycles. The Morgan fingerprint density at radius 2 is 1.82 bits per heavy atom. The number of amides is 1. The van der Waals surface area contributed by atoms with E-state index in [4.69, 9.17) is 9.47 Å². The van der Waals surface area contributed by atoms with E-state index < -0.39 is 0 Å². The Hall–Kier alpha value is -3.28. The second kappa shape index (κ2) is 9.60. The zero-order valence-electron chi connectivity index (χ0n) is 16.2. The molecular formula is C22H25N3O3. The van der Waals surface area contributed by atoms with E-state index in [9.17, 15) is 4.79 Å². The highest BCUT2D eigenvalue weighted by atomic mass is 16.5. The fourth-order valence-electron chi connectivity index (χ4n) is 2.86. The van der Waals surface area contributed by atoms with Gasteiger partial charge in [0.2, 0.25) is 5.91 Å². The molecule has 1 atom stereocenters. The monoisotopic (exact) mass is 379 g/mol. The average Bonchev–Trinajstić information content (AvgIpc) is 3.23. The van der Waals surface area contributed by atoms with Crippen molar-refractivity contribution < 1.29 is 14.3 Å². The summed E-state index contributed by atoms with van der Waals surface area (Å²) in [5, 5.41) is 2.94. The van der Waals surface area contributed by atoms with Crippen LogP contribution < -0.4 is 14.8 Å². The highest BCUT2D eigenvalue weighted by Gasteiger charge is 2.12. The van der Waals surface area contributed by atoms with Crippen LogP contribution in [0.3, 0.4) is 0 Å². The summed E-state index contributed by atoms with van der Waals surface area (Å²) in [5.74, 6) is 1.69. The summed E-state index contributed by atoms with van der Waals surface area (Å²) in [6, 6.07) is 15.2. The first-order valence-electron chi connectivity index (χ1n) is 9.26. The maximum Gasteiger partial charge on any atom is 0.224 e. The maximum absolute atomic E-state index is 12.3. The molecule has 1 amide bonds. The molecule has 6 heteroatoms. The number of ether oxygens (including phenoxy) is 2. The van der Waals surface area contributed by atoms with Crippen LogP contribution in [0.2, 0.25) is 0 Å².